The Morgan fingerprint density at radius 1 is 1.31 bits per heavy atom. The normalized spacial score (nSPS) is 9.81. The Balaban J connectivity index is 1.95. The first-order valence-electron chi connectivity index (χ1n) is 4.48. The van der Waals surface area contributed by atoms with Gasteiger partial charge < -0.3 is 0 Å². The molecule has 0 unspecified atom stereocenters. The molecule has 82 valence electrons. The maximum Gasteiger partial charge on any atom is 0.279 e. The standard InChI is InChI=1S/C10H8FN3OS/c11-8-4-1-5-9(12-8)13-14-10(15)7-3-2-6-16-7/h1-6H,(H,12,13)(H,14,15). The highest BCUT2D eigenvalue weighted by atomic mass is 32.1. The van der Waals surface area contributed by atoms with Crippen LogP contribution in [0.1, 0.15) is 9.67 Å². The Bertz CT molecular complexity index is 487. The molecule has 2 heterocycles. The highest BCUT2D eigenvalue weighted by Crippen LogP contribution is 2.08. The van der Waals surface area contributed by atoms with Gasteiger partial charge in [0.05, 0.1) is 4.88 Å². The first kappa shape index (κ1) is 10.6. The van der Waals surface area contributed by atoms with Gasteiger partial charge in [-0.1, -0.05) is 12.1 Å². The Kier molecular flexibility index (Phi) is 3.11. The first-order chi connectivity index (χ1) is 7.75. The number of carbonyl (C=O) groups excluding carboxylic acids is 1. The predicted molar refractivity (Wildman–Crippen MR) is 59.6 cm³/mol. The van der Waals surface area contributed by atoms with Crippen molar-refractivity contribution in [2.24, 2.45) is 0 Å². The third kappa shape index (κ3) is 2.54. The van der Waals surface area contributed by atoms with Crippen molar-refractivity contribution in [3.05, 3.63) is 46.5 Å². The topological polar surface area (TPSA) is 54.0 Å². The molecule has 0 aliphatic heterocycles. The fourth-order valence-electron chi connectivity index (χ4n) is 1.07. The van der Waals surface area contributed by atoms with E-state index < -0.39 is 5.95 Å². The predicted octanol–water partition coefficient (Wildman–Crippen LogP) is 2.04. The van der Waals surface area contributed by atoms with Crippen molar-refractivity contribution in [1.82, 2.24) is 10.4 Å². The minimum Gasteiger partial charge on any atom is -0.281 e. The maximum absolute atomic E-state index is 12.7. The van der Waals surface area contributed by atoms with Gasteiger partial charge in [0.1, 0.15) is 5.82 Å². The van der Waals surface area contributed by atoms with E-state index >= 15 is 0 Å². The maximum atomic E-state index is 12.7. The lowest BCUT2D eigenvalue weighted by molar-refractivity contribution is 0.0966. The molecule has 16 heavy (non-hydrogen) atoms. The fourth-order valence-corrected chi connectivity index (χ4v) is 1.69. The Morgan fingerprint density at radius 2 is 2.19 bits per heavy atom. The van der Waals surface area contributed by atoms with Gasteiger partial charge >= 0.3 is 0 Å². The van der Waals surface area contributed by atoms with Crippen molar-refractivity contribution in [2.75, 3.05) is 5.43 Å². The zero-order valence-corrected chi connectivity index (χ0v) is 8.92. The molecule has 2 aromatic heterocycles. The van der Waals surface area contributed by atoms with Crippen molar-refractivity contribution in [3.8, 4) is 0 Å². The zero-order valence-electron chi connectivity index (χ0n) is 8.11. The second-order valence-electron chi connectivity index (χ2n) is 2.90. The number of nitrogens with zero attached hydrogens (tertiary/aromatic N) is 1. The summed E-state index contributed by atoms with van der Waals surface area (Å²) in [6.45, 7) is 0. The van der Waals surface area contributed by atoms with Gasteiger partial charge in [-0.2, -0.15) is 4.39 Å². The number of rotatable bonds is 3. The van der Waals surface area contributed by atoms with E-state index in [1.807, 2.05) is 0 Å². The van der Waals surface area contributed by atoms with Crippen LogP contribution in [0.3, 0.4) is 0 Å². The van der Waals surface area contributed by atoms with E-state index in [0.29, 0.717) is 4.88 Å². The number of anilines is 1. The lowest BCUT2D eigenvalue weighted by atomic mass is 10.4. The molecule has 1 amide bonds. The number of nitrogens with one attached hydrogen (secondary N) is 2. The van der Waals surface area contributed by atoms with E-state index in [-0.39, 0.29) is 11.7 Å². The van der Waals surface area contributed by atoms with Crippen molar-refractivity contribution in [3.63, 3.8) is 0 Å². The van der Waals surface area contributed by atoms with Gasteiger partial charge in [-0.05, 0) is 23.6 Å². The first-order valence-corrected chi connectivity index (χ1v) is 5.36. The van der Waals surface area contributed by atoms with E-state index in [9.17, 15) is 9.18 Å². The van der Waals surface area contributed by atoms with Gasteiger partial charge in [0.2, 0.25) is 5.95 Å². The number of aromatic nitrogens is 1. The number of carbonyl (C=O) groups is 1. The van der Waals surface area contributed by atoms with Crippen LogP contribution in [0, 0.1) is 5.95 Å². The van der Waals surface area contributed by atoms with Crippen LogP contribution in [-0.4, -0.2) is 10.9 Å². The SMILES string of the molecule is O=C(NNc1cccc(F)n1)c1cccs1. The molecule has 0 aliphatic carbocycles. The van der Waals surface area contributed by atoms with Crippen molar-refractivity contribution >= 4 is 23.1 Å². The molecule has 0 atom stereocenters. The summed E-state index contributed by atoms with van der Waals surface area (Å²) in [6.07, 6.45) is 0. The summed E-state index contributed by atoms with van der Waals surface area (Å²) < 4.78 is 12.7. The summed E-state index contributed by atoms with van der Waals surface area (Å²) in [6, 6.07) is 7.76. The Hall–Kier alpha value is -1.95. The summed E-state index contributed by atoms with van der Waals surface area (Å²) in [5.41, 5.74) is 4.95. The van der Waals surface area contributed by atoms with Gasteiger partial charge in [-0.15, -0.1) is 11.3 Å². The largest absolute Gasteiger partial charge is 0.281 e. The molecule has 2 aromatic rings. The summed E-state index contributed by atoms with van der Waals surface area (Å²) in [7, 11) is 0. The molecule has 6 heteroatoms. The van der Waals surface area contributed by atoms with E-state index in [1.165, 1.54) is 23.5 Å². The van der Waals surface area contributed by atoms with Gasteiger partial charge in [-0.25, -0.2) is 4.98 Å². The molecule has 0 aliphatic rings. The molecule has 0 aromatic carbocycles. The second-order valence-corrected chi connectivity index (χ2v) is 3.85. The van der Waals surface area contributed by atoms with Gasteiger partial charge in [0, 0.05) is 0 Å². The van der Waals surface area contributed by atoms with Crippen LogP contribution in [0.15, 0.2) is 35.7 Å². The third-order valence-corrected chi connectivity index (χ3v) is 2.63. The number of thiophene rings is 1. The number of hydrazine groups is 1. The minimum atomic E-state index is -0.602. The van der Waals surface area contributed by atoms with E-state index in [4.69, 9.17) is 0 Å². The highest BCUT2D eigenvalue weighted by molar-refractivity contribution is 7.12. The van der Waals surface area contributed by atoms with Crippen LogP contribution in [0.5, 0.6) is 0 Å². The molecule has 0 bridgehead atoms. The summed E-state index contributed by atoms with van der Waals surface area (Å²) in [4.78, 5) is 15.6. The molecule has 0 fully saturated rings. The van der Waals surface area contributed by atoms with Crippen LogP contribution in [0.2, 0.25) is 0 Å². The smallest absolute Gasteiger partial charge is 0.279 e. The fraction of sp³-hybridized carbons (Fsp3) is 0. The highest BCUT2D eigenvalue weighted by Gasteiger charge is 2.05. The molecule has 4 nitrogen and oxygen atoms in total. The average molecular weight is 237 g/mol. The Labute approximate surface area is 95.1 Å². The number of hydrogen-bond acceptors (Lipinski definition) is 4. The van der Waals surface area contributed by atoms with Gasteiger partial charge in [0.15, 0.2) is 0 Å². The molecular weight excluding hydrogens is 229 g/mol. The molecule has 0 saturated heterocycles. The van der Waals surface area contributed by atoms with Crippen molar-refractivity contribution in [1.29, 1.82) is 0 Å². The molecule has 0 spiro atoms. The Morgan fingerprint density at radius 3 is 2.88 bits per heavy atom. The van der Waals surface area contributed by atoms with Gasteiger partial charge in [0.25, 0.3) is 5.91 Å². The minimum absolute atomic E-state index is 0.255. The average Bonchev–Trinajstić information content (AvgIpc) is 2.79. The number of halogens is 1. The van der Waals surface area contributed by atoms with Crippen LogP contribution in [-0.2, 0) is 0 Å². The van der Waals surface area contributed by atoms with Crippen molar-refractivity contribution < 1.29 is 9.18 Å². The molecule has 2 N–H and O–H groups in total. The number of pyridine rings is 1. The molecular formula is C10H8FN3OS. The second kappa shape index (κ2) is 4.71. The summed E-state index contributed by atoms with van der Waals surface area (Å²) in [5, 5.41) is 1.80. The molecule has 2 rings (SSSR count). The summed E-state index contributed by atoms with van der Waals surface area (Å²) in [5.74, 6) is -0.624. The number of hydrogen-bond donors (Lipinski definition) is 2. The molecule has 0 saturated carbocycles. The number of amides is 1. The zero-order chi connectivity index (χ0) is 11.4. The lowest BCUT2D eigenvalue weighted by Crippen LogP contribution is -2.29. The monoisotopic (exact) mass is 237 g/mol. The summed E-state index contributed by atoms with van der Waals surface area (Å²) >= 11 is 1.32. The van der Waals surface area contributed by atoms with E-state index in [2.05, 4.69) is 15.8 Å². The van der Waals surface area contributed by atoms with Crippen LogP contribution >= 0.6 is 11.3 Å². The van der Waals surface area contributed by atoms with Crippen LogP contribution in [0.4, 0.5) is 10.2 Å². The van der Waals surface area contributed by atoms with E-state index in [1.54, 1.807) is 23.6 Å². The van der Waals surface area contributed by atoms with Gasteiger partial charge in [-0.3, -0.25) is 15.6 Å². The molecule has 0 radical (unpaired) electrons. The van der Waals surface area contributed by atoms with E-state index in [0.717, 1.165) is 0 Å². The lowest BCUT2D eigenvalue weighted by Gasteiger charge is -2.05. The van der Waals surface area contributed by atoms with Crippen LogP contribution < -0.4 is 10.9 Å². The van der Waals surface area contributed by atoms with Crippen LogP contribution in [0.25, 0.3) is 0 Å². The van der Waals surface area contributed by atoms with Crippen molar-refractivity contribution in [2.45, 2.75) is 0 Å². The quantitative estimate of drug-likeness (QED) is 0.634. The third-order valence-electron chi connectivity index (χ3n) is 1.76.